The summed E-state index contributed by atoms with van der Waals surface area (Å²) in [7, 11) is 0. The lowest BCUT2D eigenvalue weighted by Gasteiger charge is -2.28. The average Bonchev–Trinajstić information content (AvgIpc) is 2.75. The van der Waals surface area contributed by atoms with Gasteiger partial charge in [-0.1, -0.05) is 13.3 Å². The third-order valence-corrected chi connectivity index (χ3v) is 4.27. The maximum absolute atomic E-state index is 12.1. The number of carbonyl (C=O) groups is 1. The van der Waals surface area contributed by atoms with Gasteiger partial charge in [0.15, 0.2) is 0 Å². The zero-order valence-corrected chi connectivity index (χ0v) is 11.9. The van der Waals surface area contributed by atoms with Crippen LogP contribution in [-0.2, 0) is 9.53 Å². The summed E-state index contributed by atoms with van der Waals surface area (Å²) in [5.41, 5.74) is 6.05. The molecule has 0 radical (unpaired) electrons. The largest absolute Gasteiger partial charge is 0.381 e. The highest BCUT2D eigenvalue weighted by molar-refractivity contribution is 5.85. The molecule has 0 aromatic carbocycles. The number of carbonyl (C=O) groups excluding carboxylic acids is 1. The topological polar surface area (TPSA) is 64.4 Å². The summed E-state index contributed by atoms with van der Waals surface area (Å²) in [6, 6.07) is -0.0138. The Morgan fingerprint density at radius 1 is 1.28 bits per heavy atom. The molecule has 5 heteroatoms. The van der Waals surface area contributed by atoms with Crippen molar-refractivity contribution in [2.45, 2.75) is 51.1 Å². The van der Waals surface area contributed by atoms with Gasteiger partial charge in [-0.05, 0) is 37.5 Å². The van der Waals surface area contributed by atoms with Crippen LogP contribution in [0.2, 0.25) is 0 Å². The van der Waals surface area contributed by atoms with Crippen LogP contribution < -0.4 is 11.1 Å². The van der Waals surface area contributed by atoms with Gasteiger partial charge in [-0.2, -0.15) is 0 Å². The molecular formula is C13H25ClN2O2. The van der Waals surface area contributed by atoms with E-state index >= 15 is 0 Å². The molecule has 0 aromatic rings. The molecule has 1 heterocycles. The van der Waals surface area contributed by atoms with Gasteiger partial charge in [0.1, 0.15) is 0 Å². The Labute approximate surface area is 115 Å². The van der Waals surface area contributed by atoms with Gasteiger partial charge in [-0.25, -0.2) is 0 Å². The van der Waals surface area contributed by atoms with Crippen LogP contribution in [0.5, 0.6) is 0 Å². The quantitative estimate of drug-likeness (QED) is 0.820. The number of nitrogens with one attached hydrogen (secondary N) is 1. The van der Waals surface area contributed by atoms with Gasteiger partial charge in [-0.15, -0.1) is 12.4 Å². The lowest BCUT2D eigenvalue weighted by molar-refractivity contribution is -0.125. The summed E-state index contributed by atoms with van der Waals surface area (Å²) in [6.45, 7) is 3.69. The highest BCUT2D eigenvalue weighted by Crippen LogP contribution is 2.25. The van der Waals surface area contributed by atoms with Gasteiger partial charge >= 0.3 is 0 Å². The number of halogens is 1. The molecule has 106 valence electrons. The van der Waals surface area contributed by atoms with Crippen molar-refractivity contribution < 1.29 is 9.53 Å². The minimum absolute atomic E-state index is 0. The van der Waals surface area contributed by atoms with Crippen LogP contribution in [0.4, 0.5) is 0 Å². The molecule has 2 fully saturated rings. The smallest absolute Gasteiger partial charge is 0.237 e. The Balaban J connectivity index is 0.00000162. The minimum Gasteiger partial charge on any atom is -0.381 e. The third-order valence-electron chi connectivity index (χ3n) is 4.27. The first kappa shape index (κ1) is 15.7. The second kappa shape index (κ2) is 7.31. The molecule has 2 rings (SSSR count). The van der Waals surface area contributed by atoms with Gasteiger partial charge < -0.3 is 15.8 Å². The maximum atomic E-state index is 12.1. The Morgan fingerprint density at radius 2 is 1.94 bits per heavy atom. The lowest BCUT2D eigenvalue weighted by Crippen LogP contribution is -2.50. The number of rotatable bonds is 3. The molecule has 1 amide bonds. The zero-order chi connectivity index (χ0) is 12.3. The predicted octanol–water partition coefficient (Wildman–Crippen LogP) is 1.47. The molecule has 4 nitrogen and oxygen atoms in total. The number of hydrogen-bond donors (Lipinski definition) is 2. The highest BCUT2D eigenvalue weighted by Gasteiger charge is 2.30. The number of hydrogen-bond acceptors (Lipinski definition) is 3. The van der Waals surface area contributed by atoms with Crippen LogP contribution in [0.3, 0.4) is 0 Å². The molecular weight excluding hydrogens is 252 g/mol. The average molecular weight is 277 g/mol. The van der Waals surface area contributed by atoms with E-state index in [1.165, 1.54) is 12.8 Å². The fourth-order valence-corrected chi connectivity index (χ4v) is 2.93. The summed E-state index contributed by atoms with van der Waals surface area (Å²) in [5, 5.41) is 3.12. The van der Waals surface area contributed by atoms with E-state index in [0.29, 0.717) is 17.9 Å². The predicted molar refractivity (Wildman–Crippen MR) is 73.7 cm³/mol. The van der Waals surface area contributed by atoms with E-state index < -0.39 is 0 Å². The SMILES string of the molecule is CC1CCCC1NC(=O)C(N)C1CCOCC1.Cl. The summed E-state index contributed by atoms with van der Waals surface area (Å²) in [5.74, 6) is 0.928. The van der Waals surface area contributed by atoms with Crippen molar-refractivity contribution in [3.8, 4) is 0 Å². The molecule has 3 unspecified atom stereocenters. The van der Waals surface area contributed by atoms with Crippen molar-refractivity contribution >= 4 is 18.3 Å². The van der Waals surface area contributed by atoms with E-state index in [1.54, 1.807) is 0 Å². The summed E-state index contributed by atoms with van der Waals surface area (Å²) < 4.78 is 5.29. The summed E-state index contributed by atoms with van der Waals surface area (Å²) in [4.78, 5) is 12.1. The molecule has 0 aromatic heterocycles. The van der Waals surface area contributed by atoms with E-state index in [2.05, 4.69) is 12.2 Å². The first-order chi connectivity index (χ1) is 8.18. The van der Waals surface area contributed by atoms with Gasteiger partial charge in [0.2, 0.25) is 5.91 Å². The molecule has 1 saturated heterocycles. The Bertz CT molecular complexity index is 270. The molecule has 1 saturated carbocycles. The molecule has 0 spiro atoms. The Morgan fingerprint density at radius 3 is 2.50 bits per heavy atom. The molecule has 3 N–H and O–H groups in total. The third kappa shape index (κ3) is 3.84. The highest BCUT2D eigenvalue weighted by atomic mass is 35.5. The maximum Gasteiger partial charge on any atom is 0.237 e. The van der Waals surface area contributed by atoms with E-state index in [1.807, 2.05) is 0 Å². The van der Waals surface area contributed by atoms with Gasteiger partial charge in [0.25, 0.3) is 0 Å². The van der Waals surface area contributed by atoms with Crippen molar-refractivity contribution in [3.63, 3.8) is 0 Å². The number of amides is 1. The molecule has 3 atom stereocenters. The van der Waals surface area contributed by atoms with Crippen LogP contribution in [0.15, 0.2) is 0 Å². The monoisotopic (exact) mass is 276 g/mol. The molecule has 18 heavy (non-hydrogen) atoms. The molecule has 1 aliphatic heterocycles. The fourth-order valence-electron chi connectivity index (χ4n) is 2.93. The van der Waals surface area contributed by atoms with Crippen LogP contribution in [0.25, 0.3) is 0 Å². The fraction of sp³-hybridized carbons (Fsp3) is 0.923. The van der Waals surface area contributed by atoms with E-state index in [9.17, 15) is 4.79 Å². The normalized spacial score (nSPS) is 30.6. The van der Waals surface area contributed by atoms with Crippen molar-refractivity contribution in [2.75, 3.05) is 13.2 Å². The first-order valence-electron chi connectivity index (χ1n) is 6.82. The van der Waals surface area contributed by atoms with Gasteiger partial charge in [-0.3, -0.25) is 4.79 Å². The number of nitrogens with two attached hydrogens (primary N) is 1. The second-order valence-corrected chi connectivity index (χ2v) is 5.50. The molecule has 2 aliphatic rings. The molecule has 0 bridgehead atoms. The second-order valence-electron chi connectivity index (χ2n) is 5.50. The van der Waals surface area contributed by atoms with Gasteiger partial charge in [0.05, 0.1) is 6.04 Å². The molecule has 1 aliphatic carbocycles. The van der Waals surface area contributed by atoms with Crippen molar-refractivity contribution in [1.29, 1.82) is 0 Å². The number of ether oxygens (including phenoxy) is 1. The summed E-state index contributed by atoms with van der Waals surface area (Å²) in [6.07, 6.45) is 5.37. The standard InChI is InChI=1S/C13H24N2O2.ClH/c1-9-3-2-4-11(9)15-13(16)12(14)10-5-7-17-8-6-10;/h9-12H,2-8,14H2,1H3,(H,15,16);1H. The van der Waals surface area contributed by atoms with E-state index in [0.717, 1.165) is 32.5 Å². The summed E-state index contributed by atoms with van der Waals surface area (Å²) >= 11 is 0. The minimum atomic E-state index is -0.355. The van der Waals surface area contributed by atoms with Crippen molar-refractivity contribution in [3.05, 3.63) is 0 Å². The van der Waals surface area contributed by atoms with E-state index in [-0.39, 0.29) is 24.4 Å². The zero-order valence-electron chi connectivity index (χ0n) is 11.1. The van der Waals surface area contributed by atoms with Crippen LogP contribution >= 0.6 is 12.4 Å². The van der Waals surface area contributed by atoms with Crippen molar-refractivity contribution in [1.82, 2.24) is 5.32 Å². The van der Waals surface area contributed by atoms with Crippen molar-refractivity contribution in [2.24, 2.45) is 17.6 Å². The van der Waals surface area contributed by atoms with Crippen LogP contribution in [0.1, 0.15) is 39.0 Å². The lowest BCUT2D eigenvalue weighted by atomic mass is 9.91. The Hall–Kier alpha value is -0.320. The van der Waals surface area contributed by atoms with Gasteiger partial charge in [0, 0.05) is 19.3 Å². The first-order valence-corrected chi connectivity index (χ1v) is 6.82. The van der Waals surface area contributed by atoms with E-state index in [4.69, 9.17) is 10.5 Å². The Kier molecular flexibility index (Phi) is 6.39. The van der Waals surface area contributed by atoms with Crippen LogP contribution in [-0.4, -0.2) is 31.2 Å². The van der Waals surface area contributed by atoms with Crippen LogP contribution in [0, 0.1) is 11.8 Å².